The monoisotopic (exact) mass is 278 g/mol. The summed E-state index contributed by atoms with van der Waals surface area (Å²) in [5, 5.41) is 5.73. The molecule has 0 spiro atoms. The molecule has 1 saturated heterocycles. The summed E-state index contributed by atoms with van der Waals surface area (Å²) in [5.41, 5.74) is 1.19. The van der Waals surface area contributed by atoms with Gasteiger partial charge in [0.05, 0.1) is 5.69 Å². The largest absolute Gasteiger partial charge is 0.312 e. The first-order valence-electron chi connectivity index (χ1n) is 7.09. The lowest BCUT2D eigenvalue weighted by molar-refractivity contribution is 0.236. The number of thiazole rings is 1. The molecular weight excluding hydrogens is 256 g/mol. The highest BCUT2D eigenvalue weighted by molar-refractivity contribution is 7.15. The van der Waals surface area contributed by atoms with Gasteiger partial charge in [-0.25, -0.2) is 4.98 Å². The summed E-state index contributed by atoms with van der Waals surface area (Å²) in [6, 6.07) is 0.603. The summed E-state index contributed by atoms with van der Waals surface area (Å²) in [4.78, 5) is 8.33. The van der Waals surface area contributed by atoms with E-state index in [9.17, 15) is 0 Å². The summed E-state index contributed by atoms with van der Waals surface area (Å²) >= 11 is 1.70. The molecule has 0 amide bonds. The van der Waals surface area contributed by atoms with Crippen LogP contribution in [0.2, 0.25) is 0 Å². The Morgan fingerprint density at radius 1 is 1.53 bits per heavy atom. The van der Waals surface area contributed by atoms with E-state index in [1.165, 1.54) is 18.7 Å². The number of imidazole rings is 1. The van der Waals surface area contributed by atoms with Gasteiger partial charge >= 0.3 is 0 Å². The van der Waals surface area contributed by atoms with Gasteiger partial charge in [-0.3, -0.25) is 9.30 Å². The van der Waals surface area contributed by atoms with E-state index >= 15 is 0 Å². The van der Waals surface area contributed by atoms with E-state index in [1.807, 2.05) is 0 Å². The van der Waals surface area contributed by atoms with E-state index in [0.29, 0.717) is 12.0 Å². The average molecular weight is 278 g/mol. The molecule has 0 aliphatic carbocycles. The van der Waals surface area contributed by atoms with E-state index in [0.717, 1.165) is 24.6 Å². The van der Waals surface area contributed by atoms with Gasteiger partial charge in [0.1, 0.15) is 0 Å². The second-order valence-electron chi connectivity index (χ2n) is 5.72. The van der Waals surface area contributed by atoms with Gasteiger partial charge in [-0.15, -0.1) is 11.3 Å². The lowest BCUT2D eigenvalue weighted by Gasteiger charge is -2.26. The van der Waals surface area contributed by atoms with Crippen LogP contribution in [0.15, 0.2) is 17.8 Å². The van der Waals surface area contributed by atoms with Crippen molar-refractivity contribution in [1.29, 1.82) is 0 Å². The zero-order valence-electron chi connectivity index (χ0n) is 11.7. The maximum absolute atomic E-state index is 4.69. The Morgan fingerprint density at radius 2 is 2.42 bits per heavy atom. The first-order chi connectivity index (χ1) is 9.22. The van der Waals surface area contributed by atoms with Crippen LogP contribution in [-0.4, -0.2) is 40.0 Å². The van der Waals surface area contributed by atoms with Crippen LogP contribution in [0.5, 0.6) is 0 Å². The van der Waals surface area contributed by atoms with Crippen LogP contribution < -0.4 is 5.32 Å². The third-order valence-electron chi connectivity index (χ3n) is 3.85. The van der Waals surface area contributed by atoms with Gasteiger partial charge in [0.15, 0.2) is 4.96 Å². The quantitative estimate of drug-likeness (QED) is 0.934. The molecule has 1 N–H and O–H groups in total. The molecule has 4 nitrogen and oxygen atoms in total. The average Bonchev–Trinajstić information content (AvgIpc) is 2.83. The van der Waals surface area contributed by atoms with Crippen LogP contribution in [0.3, 0.4) is 0 Å². The summed E-state index contributed by atoms with van der Waals surface area (Å²) in [6.45, 7) is 9.00. The minimum Gasteiger partial charge on any atom is -0.312 e. The van der Waals surface area contributed by atoms with E-state index in [4.69, 9.17) is 0 Å². The minimum absolute atomic E-state index is 0.603. The number of nitrogens with one attached hydrogen (secondary N) is 1. The number of rotatable bonds is 3. The molecule has 0 aromatic carbocycles. The van der Waals surface area contributed by atoms with Gasteiger partial charge in [-0.05, 0) is 25.4 Å². The Morgan fingerprint density at radius 3 is 3.21 bits per heavy atom. The van der Waals surface area contributed by atoms with Gasteiger partial charge in [0.25, 0.3) is 0 Å². The van der Waals surface area contributed by atoms with Crippen molar-refractivity contribution >= 4 is 16.3 Å². The van der Waals surface area contributed by atoms with Gasteiger partial charge in [-0.1, -0.05) is 13.8 Å². The Kier molecular flexibility index (Phi) is 3.86. The molecule has 1 aliphatic rings. The van der Waals surface area contributed by atoms with Crippen molar-refractivity contribution in [3.05, 3.63) is 23.5 Å². The Hall–Kier alpha value is -0.910. The van der Waals surface area contributed by atoms with Crippen molar-refractivity contribution in [2.75, 3.05) is 19.6 Å². The van der Waals surface area contributed by atoms with Crippen molar-refractivity contribution < 1.29 is 0 Å². The second kappa shape index (κ2) is 5.61. The number of hydrogen-bond acceptors (Lipinski definition) is 4. The van der Waals surface area contributed by atoms with Gasteiger partial charge < -0.3 is 5.32 Å². The SMILES string of the molecule is CC(C)C1CN(Cc2cn3ccsc3n2)CCCN1. The smallest absolute Gasteiger partial charge is 0.193 e. The predicted octanol–water partition coefficient (Wildman–Crippen LogP) is 2.22. The van der Waals surface area contributed by atoms with Crippen LogP contribution in [0.4, 0.5) is 0 Å². The van der Waals surface area contributed by atoms with E-state index in [2.05, 4.69) is 51.2 Å². The molecule has 19 heavy (non-hydrogen) atoms. The van der Waals surface area contributed by atoms with Crippen molar-refractivity contribution in [3.63, 3.8) is 0 Å². The van der Waals surface area contributed by atoms with Gasteiger partial charge in [0.2, 0.25) is 0 Å². The first-order valence-corrected chi connectivity index (χ1v) is 7.97. The van der Waals surface area contributed by atoms with E-state index in [1.54, 1.807) is 11.3 Å². The number of fused-ring (bicyclic) bond motifs is 1. The zero-order valence-corrected chi connectivity index (χ0v) is 12.5. The van der Waals surface area contributed by atoms with Crippen molar-refractivity contribution in [2.24, 2.45) is 5.92 Å². The van der Waals surface area contributed by atoms with E-state index < -0.39 is 0 Å². The highest BCUT2D eigenvalue weighted by Crippen LogP contribution is 2.15. The number of hydrogen-bond donors (Lipinski definition) is 1. The van der Waals surface area contributed by atoms with Crippen LogP contribution in [0.25, 0.3) is 4.96 Å². The molecule has 0 radical (unpaired) electrons. The fraction of sp³-hybridized carbons (Fsp3) is 0.643. The Bertz CT molecular complexity index is 502. The summed E-state index contributed by atoms with van der Waals surface area (Å²) in [6.07, 6.45) is 5.47. The topological polar surface area (TPSA) is 32.6 Å². The molecule has 0 bridgehead atoms. The van der Waals surface area contributed by atoms with Crippen LogP contribution in [0, 0.1) is 5.92 Å². The summed E-state index contributed by atoms with van der Waals surface area (Å²) < 4.78 is 2.12. The Balaban J connectivity index is 1.69. The van der Waals surface area contributed by atoms with Gasteiger partial charge in [0, 0.05) is 36.9 Å². The lowest BCUT2D eigenvalue weighted by Crippen LogP contribution is -2.41. The van der Waals surface area contributed by atoms with Crippen molar-refractivity contribution in [3.8, 4) is 0 Å². The molecule has 1 fully saturated rings. The molecule has 0 saturated carbocycles. The molecule has 1 atom stereocenters. The standard InChI is InChI=1S/C14H22N4S/c1-11(2)13-10-17(5-3-4-15-13)8-12-9-18-6-7-19-14(18)16-12/h6-7,9,11,13,15H,3-5,8,10H2,1-2H3. The fourth-order valence-corrected chi connectivity index (χ4v) is 3.41. The van der Waals surface area contributed by atoms with Gasteiger partial charge in [-0.2, -0.15) is 0 Å². The second-order valence-corrected chi connectivity index (χ2v) is 6.59. The molecule has 1 unspecified atom stereocenters. The predicted molar refractivity (Wildman–Crippen MR) is 79.6 cm³/mol. The highest BCUT2D eigenvalue weighted by Gasteiger charge is 2.20. The Labute approximate surface area is 118 Å². The maximum atomic E-state index is 4.69. The molecular formula is C14H22N4S. The zero-order chi connectivity index (χ0) is 13.2. The molecule has 2 aromatic rings. The van der Waals surface area contributed by atoms with Crippen LogP contribution in [-0.2, 0) is 6.54 Å². The molecule has 3 rings (SSSR count). The molecule has 5 heteroatoms. The van der Waals surface area contributed by atoms with Crippen LogP contribution >= 0.6 is 11.3 Å². The fourth-order valence-electron chi connectivity index (χ4n) is 2.70. The summed E-state index contributed by atoms with van der Waals surface area (Å²) in [5.74, 6) is 0.686. The minimum atomic E-state index is 0.603. The third kappa shape index (κ3) is 2.99. The number of nitrogens with zero attached hydrogens (tertiary/aromatic N) is 3. The first kappa shape index (κ1) is 13.1. The van der Waals surface area contributed by atoms with Crippen LogP contribution in [0.1, 0.15) is 26.0 Å². The molecule has 1 aliphatic heterocycles. The highest BCUT2D eigenvalue weighted by atomic mass is 32.1. The number of aromatic nitrogens is 2. The van der Waals surface area contributed by atoms with Crippen molar-refractivity contribution in [2.45, 2.75) is 32.9 Å². The molecule has 104 valence electrons. The summed E-state index contributed by atoms with van der Waals surface area (Å²) in [7, 11) is 0. The molecule has 2 aromatic heterocycles. The molecule has 3 heterocycles. The normalized spacial score (nSPS) is 22.2. The lowest BCUT2D eigenvalue weighted by atomic mass is 10.0. The third-order valence-corrected chi connectivity index (χ3v) is 4.62. The van der Waals surface area contributed by atoms with E-state index in [-0.39, 0.29) is 0 Å². The van der Waals surface area contributed by atoms with Crippen molar-refractivity contribution in [1.82, 2.24) is 19.6 Å². The maximum Gasteiger partial charge on any atom is 0.193 e.